The molecule has 19 heavy (non-hydrogen) atoms. The molecule has 0 spiro atoms. The van der Waals surface area contributed by atoms with E-state index >= 15 is 0 Å². The summed E-state index contributed by atoms with van der Waals surface area (Å²) in [6.45, 7) is 6.58. The SMILES string of the molecule is COCCN1C2COCC1CN(Cc1ccoc1)C2. The molecule has 2 aliphatic rings. The van der Waals surface area contributed by atoms with Gasteiger partial charge in [0.05, 0.1) is 32.3 Å². The van der Waals surface area contributed by atoms with Crippen molar-refractivity contribution < 1.29 is 13.9 Å². The van der Waals surface area contributed by atoms with Crippen LogP contribution in [0.15, 0.2) is 23.0 Å². The Labute approximate surface area is 114 Å². The lowest BCUT2D eigenvalue weighted by Gasteiger charge is -2.49. The summed E-state index contributed by atoms with van der Waals surface area (Å²) in [4.78, 5) is 5.06. The van der Waals surface area contributed by atoms with Gasteiger partial charge in [0.25, 0.3) is 0 Å². The van der Waals surface area contributed by atoms with Crippen LogP contribution in [0.5, 0.6) is 0 Å². The molecular formula is C14H22N2O3. The Hall–Kier alpha value is -0.880. The molecule has 5 nitrogen and oxygen atoms in total. The molecule has 2 fully saturated rings. The van der Waals surface area contributed by atoms with E-state index in [9.17, 15) is 0 Å². The molecule has 0 radical (unpaired) electrons. The van der Waals surface area contributed by atoms with Crippen LogP contribution in [0.4, 0.5) is 0 Å². The molecule has 1 aromatic rings. The molecule has 0 N–H and O–H groups in total. The van der Waals surface area contributed by atoms with Crippen LogP contribution in [-0.2, 0) is 16.0 Å². The molecule has 2 bridgehead atoms. The van der Waals surface area contributed by atoms with Crippen LogP contribution in [-0.4, -0.2) is 68.4 Å². The standard InChI is InChI=1S/C14H22N2O3/c1-17-5-3-16-13-7-15(6-12-2-4-18-9-12)8-14(16)11-19-10-13/h2,4,9,13-14H,3,5-8,10-11H2,1H3. The number of ether oxygens (including phenoxy) is 2. The second-order valence-electron chi connectivity index (χ2n) is 5.40. The van der Waals surface area contributed by atoms with E-state index in [1.54, 1.807) is 13.4 Å². The smallest absolute Gasteiger partial charge is 0.0947 e. The summed E-state index contributed by atoms with van der Waals surface area (Å²) in [6, 6.07) is 3.04. The van der Waals surface area contributed by atoms with E-state index in [1.165, 1.54) is 5.56 Å². The van der Waals surface area contributed by atoms with Gasteiger partial charge in [-0.1, -0.05) is 0 Å². The third-order valence-electron chi connectivity index (χ3n) is 4.04. The third-order valence-corrected chi connectivity index (χ3v) is 4.04. The molecule has 106 valence electrons. The summed E-state index contributed by atoms with van der Waals surface area (Å²) in [5.41, 5.74) is 1.25. The lowest BCUT2D eigenvalue weighted by Crippen LogP contribution is -2.64. The highest BCUT2D eigenvalue weighted by Gasteiger charge is 2.37. The highest BCUT2D eigenvalue weighted by molar-refractivity contribution is 5.06. The number of piperazine rings is 1. The minimum Gasteiger partial charge on any atom is -0.472 e. The average molecular weight is 266 g/mol. The van der Waals surface area contributed by atoms with Gasteiger partial charge in [-0.3, -0.25) is 9.80 Å². The Morgan fingerprint density at radius 2 is 2.11 bits per heavy atom. The Morgan fingerprint density at radius 3 is 2.74 bits per heavy atom. The van der Waals surface area contributed by atoms with Crippen molar-refractivity contribution in [2.45, 2.75) is 18.6 Å². The van der Waals surface area contributed by atoms with Gasteiger partial charge in [0.2, 0.25) is 0 Å². The molecule has 3 rings (SSSR count). The van der Waals surface area contributed by atoms with Gasteiger partial charge >= 0.3 is 0 Å². The highest BCUT2D eigenvalue weighted by Crippen LogP contribution is 2.22. The van der Waals surface area contributed by atoms with Crippen LogP contribution in [0.25, 0.3) is 0 Å². The summed E-state index contributed by atoms with van der Waals surface area (Å²) < 4.78 is 16.1. The molecule has 1 aromatic heterocycles. The van der Waals surface area contributed by atoms with Crippen LogP contribution in [0.2, 0.25) is 0 Å². The number of hydrogen-bond donors (Lipinski definition) is 0. The van der Waals surface area contributed by atoms with Gasteiger partial charge < -0.3 is 13.9 Å². The molecule has 2 atom stereocenters. The van der Waals surface area contributed by atoms with Crippen molar-refractivity contribution >= 4 is 0 Å². The number of methoxy groups -OCH3 is 1. The fraction of sp³-hybridized carbons (Fsp3) is 0.714. The fourth-order valence-corrected chi connectivity index (χ4v) is 3.15. The zero-order chi connectivity index (χ0) is 13.1. The molecule has 2 unspecified atom stereocenters. The Kier molecular flexibility index (Phi) is 4.18. The van der Waals surface area contributed by atoms with Crippen molar-refractivity contribution in [2.24, 2.45) is 0 Å². The molecule has 3 heterocycles. The maximum Gasteiger partial charge on any atom is 0.0947 e. The van der Waals surface area contributed by atoms with Gasteiger partial charge in [0, 0.05) is 50.9 Å². The predicted molar refractivity (Wildman–Crippen MR) is 71.0 cm³/mol. The largest absolute Gasteiger partial charge is 0.472 e. The number of fused-ring (bicyclic) bond motifs is 2. The van der Waals surface area contributed by atoms with Gasteiger partial charge in [0.1, 0.15) is 0 Å². The van der Waals surface area contributed by atoms with Crippen molar-refractivity contribution in [3.63, 3.8) is 0 Å². The molecule has 0 aliphatic carbocycles. The first-order valence-electron chi connectivity index (χ1n) is 6.92. The molecular weight excluding hydrogens is 244 g/mol. The zero-order valence-electron chi connectivity index (χ0n) is 11.5. The van der Waals surface area contributed by atoms with E-state index in [1.807, 2.05) is 12.3 Å². The summed E-state index contributed by atoms with van der Waals surface area (Å²) in [7, 11) is 1.77. The number of morpholine rings is 1. The maximum atomic E-state index is 5.70. The molecule has 2 aliphatic heterocycles. The number of furan rings is 1. The monoisotopic (exact) mass is 266 g/mol. The first kappa shape index (κ1) is 13.1. The van der Waals surface area contributed by atoms with Gasteiger partial charge in [0.15, 0.2) is 0 Å². The molecule has 2 saturated heterocycles. The summed E-state index contributed by atoms with van der Waals surface area (Å²) in [5.74, 6) is 0. The van der Waals surface area contributed by atoms with E-state index in [0.717, 1.165) is 46.0 Å². The summed E-state index contributed by atoms with van der Waals surface area (Å²) in [5, 5.41) is 0. The highest BCUT2D eigenvalue weighted by atomic mass is 16.5. The van der Waals surface area contributed by atoms with Crippen molar-refractivity contribution in [1.29, 1.82) is 0 Å². The van der Waals surface area contributed by atoms with Crippen molar-refractivity contribution in [1.82, 2.24) is 9.80 Å². The molecule has 0 saturated carbocycles. The Morgan fingerprint density at radius 1 is 1.32 bits per heavy atom. The molecule has 0 amide bonds. The van der Waals surface area contributed by atoms with E-state index in [0.29, 0.717) is 12.1 Å². The van der Waals surface area contributed by atoms with E-state index in [-0.39, 0.29) is 0 Å². The second-order valence-corrected chi connectivity index (χ2v) is 5.40. The van der Waals surface area contributed by atoms with Crippen LogP contribution in [0, 0.1) is 0 Å². The van der Waals surface area contributed by atoms with Gasteiger partial charge in [-0.25, -0.2) is 0 Å². The average Bonchev–Trinajstić information content (AvgIpc) is 2.89. The van der Waals surface area contributed by atoms with Crippen molar-refractivity contribution in [3.8, 4) is 0 Å². The zero-order valence-corrected chi connectivity index (χ0v) is 11.5. The minimum absolute atomic E-state index is 0.495. The van der Waals surface area contributed by atoms with Crippen LogP contribution >= 0.6 is 0 Å². The summed E-state index contributed by atoms with van der Waals surface area (Å²) >= 11 is 0. The van der Waals surface area contributed by atoms with Crippen molar-refractivity contribution in [2.75, 3.05) is 46.6 Å². The van der Waals surface area contributed by atoms with Gasteiger partial charge in [-0.2, -0.15) is 0 Å². The molecule has 0 aromatic carbocycles. The normalized spacial score (nSPS) is 28.7. The molecule has 5 heteroatoms. The number of hydrogen-bond acceptors (Lipinski definition) is 5. The van der Waals surface area contributed by atoms with Crippen molar-refractivity contribution in [3.05, 3.63) is 24.2 Å². The summed E-state index contributed by atoms with van der Waals surface area (Å²) in [6.07, 6.45) is 3.58. The van der Waals surface area contributed by atoms with Gasteiger partial charge in [-0.05, 0) is 6.07 Å². The van der Waals surface area contributed by atoms with Crippen LogP contribution in [0.3, 0.4) is 0 Å². The van der Waals surface area contributed by atoms with E-state index in [2.05, 4.69) is 9.80 Å². The maximum absolute atomic E-state index is 5.70. The van der Waals surface area contributed by atoms with E-state index in [4.69, 9.17) is 13.9 Å². The van der Waals surface area contributed by atoms with Gasteiger partial charge in [-0.15, -0.1) is 0 Å². The second kappa shape index (κ2) is 6.05. The quantitative estimate of drug-likeness (QED) is 0.788. The number of nitrogens with zero attached hydrogens (tertiary/aromatic N) is 2. The fourth-order valence-electron chi connectivity index (χ4n) is 3.15. The Balaban J connectivity index is 1.61. The van der Waals surface area contributed by atoms with E-state index < -0.39 is 0 Å². The lowest BCUT2D eigenvalue weighted by atomic mass is 10.0. The van der Waals surface area contributed by atoms with Crippen LogP contribution in [0.1, 0.15) is 5.56 Å². The topological polar surface area (TPSA) is 38.1 Å². The first-order valence-corrected chi connectivity index (χ1v) is 6.92. The third kappa shape index (κ3) is 3.00. The predicted octanol–water partition coefficient (Wildman–Crippen LogP) is 0.811. The minimum atomic E-state index is 0.495. The Bertz CT molecular complexity index is 368. The van der Waals surface area contributed by atoms with Crippen LogP contribution < -0.4 is 0 Å². The number of rotatable bonds is 5. The lowest BCUT2D eigenvalue weighted by molar-refractivity contribution is -0.104. The first-order chi connectivity index (χ1) is 9.36.